The zero-order valence-electron chi connectivity index (χ0n) is 14.0. The Morgan fingerprint density at radius 2 is 1.23 bits per heavy atom. The summed E-state index contributed by atoms with van der Waals surface area (Å²) in [6.45, 7) is 2.25. The van der Waals surface area contributed by atoms with Crippen molar-refractivity contribution in [2.24, 2.45) is 0 Å². The molecule has 3 nitrogen and oxygen atoms in total. The molecule has 0 radical (unpaired) electrons. The van der Waals surface area contributed by atoms with Gasteiger partial charge in [0.1, 0.15) is 0 Å². The summed E-state index contributed by atoms with van der Waals surface area (Å²) in [5.74, 6) is 0.902. The highest BCUT2D eigenvalue weighted by molar-refractivity contribution is 7.55. The van der Waals surface area contributed by atoms with Crippen molar-refractivity contribution in [2.75, 3.05) is 0 Å². The SMILES string of the molecule is CCCCCCCCCCCCC=CC=CC=CP(=O)(O)O. The predicted molar refractivity (Wildman–Crippen MR) is 95.9 cm³/mol. The van der Waals surface area contributed by atoms with Gasteiger partial charge in [0.15, 0.2) is 0 Å². The van der Waals surface area contributed by atoms with Gasteiger partial charge in [-0.2, -0.15) is 0 Å². The summed E-state index contributed by atoms with van der Waals surface area (Å²) in [7, 11) is -4.01. The van der Waals surface area contributed by atoms with E-state index in [4.69, 9.17) is 9.79 Å². The second kappa shape index (κ2) is 15.3. The molecule has 2 N–H and O–H groups in total. The minimum atomic E-state index is -4.01. The lowest BCUT2D eigenvalue weighted by atomic mass is 10.1. The second-order valence-corrected chi connectivity index (χ2v) is 7.19. The average Bonchev–Trinajstić information content (AvgIpc) is 2.45. The number of hydrogen-bond donors (Lipinski definition) is 2. The Balaban J connectivity index is 3.32. The second-order valence-electron chi connectivity index (χ2n) is 5.71. The molecule has 0 spiro atoms. The normalized spacial score (nSPS) is 13.0. The van der Waals surface area contributed by atoms with E-state index in [1.807, 2.05) is 6.08 Å². The van der Waals surface area contributed by atoms with Crippen molar-refractivity contribution in [3.8, 4) is 0 Å². The highest BCUT2D eigenvalue weighted by Crippen LogP contribution is 2.35. The third-order valence-electron chi connectivity index (χ3n) is 3.47. The fourth-order valence-corrected chi connectivity index (χ4v) is 2.54. The van der Waals surface area contributed by atoms with Crippen LogP contribution in [0.2, 0.25) is 0 Å². The Morgan fingerprint density at radius 1 is 0.727 bits per heavy atom. The van der Waals surface area contributed by atoms with Crippen LogP contribution in [-0.4, -0.2) is 9.79 Å². The molecule has 0 aromatic rings. The van der Waals surface area contributed by atoms with E-state index in [1.54, 1.807) is 12.2 Å². The first-order valence-corrected chi connectivity index (χ1v) is 10.3. The molecule has 0 unspecified atom stereocenters. The van der Waals surface area contributed by atoms with E-state index < -0.39 is 7.60 Å². The van der Waals surface area contributed by atoms with Gasteiger partial charge in [0, 0.05) is 5.82 Å². The van der Waals surface area contributed by atoms with E-state index in [1.165, 1.54) is 70.3 Å². The molecule has 0 aliphatic heterocycles. The standard InChI is InChI=1S/C18H33O3P/c1-2-3-4-5-6-7-8-9-10-11-12-13-14-15-16-17-18-22(19,20)21/h13-18H,2-12H2,1H3,(H2,19,20,21). The van der Waals surface area contributed by atoms with Gasteiger partial charge in [-0.05, 0) is 12.8 Å². The van der Waals surface area contributed by atoms with Crippen LogP contribution in [0, 0.1) is 0 Å². The molecule has 0 atom stereocenters. The van der Waals surface area contributed by atoms with Crippen LogP contribution >= 0.6 is 7.60 Å². The third kappa shape index (κ3) is 19.4. The van der Waals surface area contributed by atoms with E-state index in [0.717, 1.165) is 12.2 Å². The maximum atomic E-state index is 10.5. The molecule has 0 rings (SSSR count). The van der Waals surface area contributed by atoms with Crippen LogP contribution in [0.1, 0.15) is 77.6 Å². The third-order valence-corrected chi connectivity index (χ3v) is 4.03. The van der Waals surface area contributed by atoms with Gasteiger partial charge in [0.2, 0.25) is 0 Å². The zero-order valence-corrected chi connectivity index (χ0v) is 14.9. The van der Waals surface area contributed by atoms with E-state index in [-0.39, 0.29) is 0 Å². The lowest BCUT2D eigenvalue weighted by Gasteiger charge is -2.01. The first kappa shape index (κ1) is 21.4. The molecule has 0 aromatic carbocycles. The Morgan fingerprint density at radius 3 is 1.77 bits per heavy atom. The quantitative estimate of drug-likeness (QED) is 0.230. The molecule has 4 heteroatoms. The van der Waals surface area contributed by atoms with Gasteiger partial charge in [-0.3, -0.25) is 4.57 Å². The number of allylic oxidation sites excluding steroid dienone is 5. The van der Waals surface area contributed by atoms with Crippen molar-refractivity contribution in [3.05, 3.63) is 36.2 Å². The van der Waals surface area contributed by atoms with Gasteiger partial charge < -0.3 is 9.79 Å². The van der Waals surface area contributed by atoms with Gasteiger partial charge in [-0.15, -0.1) is 0 Å². The first-order chi connectivity index (χ1) is 10.6. The van der Waals surface area contributed by atoms with E-state index in [9.17, 15) is 4.57 Å². The van der Waals surface area contributed by atoms with E-state index in [0.29, 0.717) is 0 Å². The predicted octanol–water partition coefficient (Wildman–Crippen LogP) is 6.10. The van der Waals surface area contributed by atoms with E-state index in [2.05, 4.69) is 13.0 Å². The van der Waals surface area contributed by atoms with Crippen molar-refractivity contribution in [2.45, 2.75) is 77.6 Å². The van der Waals surface area contributed by atoms with Crippen LogP contribution in [0.4, 0.5) is 0 Å². The smallest absolute Gasteiger partial charge is 0.321 e. The summed E-state index contributed by atoms with van der Waals surface area (Å²) in [4.78, 5) is 17.2. The van der Waals surface area contributed by atoms with Gasteiger partial charge >= 0.3 is 7.60 Å². The maximum absolute atomic E-state index is 10.5. The number of hydrogen-bond acceptors (Lipinski definition) is 1. The van der Waals surface area contributed by atoms with Crippen LogP contribution in [0.25, 0.3) is 0 Å². The number of unbranched alkanes of at least 4 members (excludes halogenated alkanes) is 10. The van der Waals surface area contributed by atoms with Crippen molar-refractivity contribution < 1.29 is 14.4 Å². The topological polar surface area (TPSA) is 57.5 Å². The highest BCUT2D eigenvalue weighted by atomic mass is 31.2. The molecular formula is C18H33O3P. The van der Waals surface area contributed by atoms with Crippen LogP contribution in [0.3, 0.4) is 0 Å². The minimum Gasteiger partial charge on any atom is -0.321 e. The van der Waals surface area contributed by atoms with Gasteiger partial charge in [-0.1, -0.05) is 95.1 Å². The average molecular weight is 328 g/mol. The first-order valence-electron chi connectivity index (χ1n) is 8.62. The molecule has 128 valence electrons. The molecule has 0 bridgehead atoms. The van der Waals surface area contributed by atoms with Crippen molar-refractivity contribution in [1.29, 1.82) is 0 Å². The molecule has 0 saturated carbocycles. The summed E-state index contributed by atoms with van der Waals surface area (Å²) in [5.41, 5.74) is 0. The van der Waals surface area contributed by atoms with Crippen molar-refractivity contribution >= 4 is 7.60 Å². The van der Waals surface area contributed by atoms with Gasteiger partial charge in [0.25, 0.3) is 0 Å². The largest absolute Gasteiger partial charge is 0.349 e. The minimum absolute atomic E-state index is 0.902. The molecule has 0 aliphatic rings. The molecule has 22 heavy (non-hydrogen) atoms. The molecule has 0 fully saturated rings. The molecule has 0 heterocycles. The van der Waals surface area contributed by atoms with Crippen LogP contribution in [0.5, 0.6) is 0 Å². The molecular weight excluding hydrogens is 295 g/mol. The molecule has 0 aliphatic carbocycles. The van der Waals surface area contributed by atoms with Gasteiger partial charge in [0.05, 0.1) is 0 Å². The summed E-state index contributed by atoms with van der Waals surface area (Å²) < 4.78 is 10.5. The maximum Gasteiger partial charge on any atom is 0.349 e. The lowest BCUT2D eigenvalue weighted by Crippen LogP contribution is -1.81. The number of rotatable bonds is 14. The Kier molecular flexibility index (Phi) is 14.8. The summed E-state index contributed by atoms with van der Waals surface area (Å²) in [6.07, 6.45) is 23.4. The monoisotopic (exact) mass is 328 g/mol. The molecule has 0 aromatic heterocycles. The summed E-state index contributed by atoms with van der Waals surface area (Å²) >= 11 is 0. The van der Waals surface area contributed by atoms with Crippen LogP contribution in [0.15, 0.2) is 36.2 Å². The van der Waals surface area contributed by atoms with Crippen molar-refractivity contribution in [1.82, 2.24) is 0 Å². The summed E-state index contributed by atoms with van der Waals surface area (Å²) in [5, 5.41) is 0. The lowest BCUT2D eigenvalue weighted by molar-refractivity contribution is 0.386. The van der Waals surface area contributed by atoms with Crippen LogP contribution < -0.4 is 0 Å². The van der Waals surface area contributed by atoms with Gasteiger partial charge in [-0.25, -0.2) is 0 Å². The zero-order chi connectivity index (χ0) is 16.5. The molecule has 0 saturated heterocycles. The van der Waals surface area contributed by atoms with Crippen LogP contribution in [-0.2, 0) is 4.57 Å². The Bertz CT molecular complexity index is 367. The Hall–Kier alpha value is -0.630. The summed E-state index contributed by atoms with van der Waals surface area (Å²) in [6, 6.07) is 0. The van der Waals surface area contributed by atoms with Crippen molar-refractivity contribution in [3.63, 3.8) is 0 Å². The highest BCUT2D eigenvalue weighted by Gasteiger charge is 2.03. The fraction of sp³-hybridized carbons (Fsp3) is 0.667. The fourth-order valence-electron chi connectivity index (χ4n) is 2.21. The molecule has 0 amide bonds. The van der Waals surface area contributed by atoms with E-state index >= 15 is 0 Å². The Labute approximate surface area is 136 Å².